The number of aromatic hydroxyl groups is 1. The summed E-state index contributed by atoms with van der Waals surface area (Å²) in [5.74, 6) is -1.04. The van der Waals surface area contributed by atoms with E-state index < -0.39 is 30.2 Å². The molecule has 2 aromatic rings. The summed E-state index contributed by atoms with van der Waals surface area (Å²) in [7, 11) is 0. The molecule has 0 aliphatic carbocycles. The Morgan fingerprint density at radius 1 is 1.09 bits per heavy atom. The Labute approximate surface area is 136 Å². The molecule has 0 atom stereocenters. The monoisotopic (exact) mass is 379 g/mol. The standard InChI is InChI=1S/C16H18AsNO5/c1-9-4-5-12(8-10(9)2)13-6-7-14(17(21,22)23)16(20)15(13)18-11(3)19/h4-8,20H,1-3H3,(H,18,19)(H2,21,22,23). The van der Waals surface area contributed by atoms with Crippen LogP contribution >= 0.6 is 0 Å². The van der Waals surface area contributed by atoms with Gasteiger partial charge in [-0.2, -0.15) is 0 Å². The molecule has 4 N–H and O–H groups in total. The number of hydrogen-bond donors (Lipinski definition) is 4. The van der Waals surface area contributed by atoms with Crippen LogP contribution in [-0.2, 0) is 8.53 Å². The van der Waals surface area contributed by atoms with Crippen molar-refractivity contribution < 1.29 is 21.8 Å². The Kier molecular flexibility index (Phi) is 4.70. The van der Waals surface area contributed by atoms with Crippen molar-refractivity contribution in [3.05, 3.63) is 41.5 Å². The Morgan fingerprint density at radius 3 is 2.26 bits per heavy atom. The fourth-order valence-electron chi connectivity index (χ4n) is 2.27. The molecule has 0 saturated heterocycles. The van der Waals surface area contributed by atoms with Gasteiger partial charge in [-0.15, -0.1) is 0 Å². The summed E-state index contributed by atoms with van der Waals surface area (Å²) in [6, 6.07) is 8.30. The summed E-state index contributed by atoms with van der Waals surface area (Å²) in [5, 5.41) is 12.7. The number of rotatable bonds is 3. The molecule has 6 nitrogen and oxygen atoms in total. The van der Waals surface area contributed by atoms with Crippen molar-refractivity contribution in [2.45, 2.75) is 20.8 Å². The van der Waals surface area contributed by atoms with Crippen LogP contribution in [0, 0.1) is 13.8 Å². The predicted octanol–water partition coefficient (Wildman–Crippen LogP) is 1.20. The number of aryl methyl sites for hydroxylation is 2. The van der Waals surface area contributed by atoms with Crippen LogP contribution in [0.15, 0.2) is 30.3 Å². The molecule has 0 aromatic heterocycles. The number of carbonyl (C=O) groups is 1. The normalized spacial score (nSPS) is 11.3. The predicted molar refractivity (Wildman–Crippen MR) is 87.8 cm³/mol. The van der Waals surface area contributed by atoms with E-state index >= 15 is 0 Å². The van der Waals surface area contributed by atoms with E-state index in [-0.39, 0.29) is 5.69 Å². The van der Waals surface area contributed by atoms with Gasteiger partial charge in [0, 0.05) is 0 Å². The number of hydrogen-bond acceptors (Lipinski definition) is 3. The zero-order valence-electron chi connectivity index (χ0n) is 13.0. The van der Waals surface area contributed by atoms with Gasteiger partial charge in [0.15, 0.2) is 0 Å². The Bertz CT molecular complexity index is 825. The minimum absolute atomic E-state index is 0.00276. The molecule has 7 heteroatoms. The van der Waals surface area contributed by atoms with Crippen LogP contribution in [0.4, 0.5) is 5.69 Å². The molecule has 0 bridgehead atoms. The number of phenolic OH excluding ortho intramolecular Hbond substituents is 1. The Morgan fingerprint density at radius 2 is 1.74 bits per heavy atom. The molecule has 2 rings (SSSR count). The summed E-state index contributed by atoms with van der Waals surface area (Å²) in [6.45, 7) is 5.16. The number of benzene rings is 2. The van der Waals surface area contributed by atoms with Crippen LogP contribution in [0.1, 0.15) is 18.1 Å². The zero-order chi connectivity index (χ0) is 17.4. The van der Waals surface area contributed by atoms with Gasteiger partial charge in [0.25, 0.3) is 0 Å². The van der Waals surface area contributed by atoms with E-state index in [1.807, 2.05) is 32.0 Å². The molecule has 0 unspecified atom stereocenters. The van der Waals surface area contributed by atoms with Crippen LogP contribution in [0.2, 0.25) is 0 Å². The molecule has 0 spiro atoms. The van der Waals surface area contributed by atoms with E-state index in [1.165, 1.54) is 19.1 Å². The maximum absolute atomic E-state index is 11.5. The minimum atomic E-state index is -5.31. The molecule has 0 saturated carbocycles. The topological polar surface area (TPSA) is 107 Å². The van der Waals surface area contributed by atoms with Gasteiger partial charge in [0.05, 0.1) is 0 Å². The van der Waals surface area contributed by atoms with E-state index in [2.05, 4.69) is 5.32 Å². The van der Waals surface area contributed by atoms with Crippen molar-refractivity contribution in [2.75, 3.05) is 5.32 Å². The van der Waals surface area contributed by atoms with Crippen molar-refractivity contribution in [1.29, 1.82) is 0 Å². The average molecular weight is 379 g/mol. The van der Waals surface area contributed by atoms with Gasteiger partial charge in [-0.1, -0.05) is 0 Å². The molecule has 0 aliphatic heterocycles. The Balaban J connectivity index is 2.72. The zero-order valence-corrected chi connectivity index (χ0v) is 14.9. The van der Waals surface area contributed by atoms with Gasteiger partial charge in [-0.05, 0) is 0 Å². The first kappa shape index (κ1) is 17.3. The van der Waals surface area contributed by atoms with Crippen molar-refractivity contribution in [3.8, 4) is 16.9 Å². The van der Waals surface area contributed by atoms with Crippen LogP contribution in [0.25, 0.3) is 11.1 Å². The molecule has 0 radical (unpaired) electrons. The van der Waals surface area contributed by atoms with Crippen molar-refractivity contribution >= 4 is 30.1 Å². The second kappa shape index (κ2) is 6.24. The molecular formula is C16H18AsNO5. The number of phenols is 1. The molecule has 23 heavy (non-hydrogen) atoms. The molecule has 2 aromatic carbocycles. The molecule has 1 amide bonds. The first-order valence-electron chi connectivity index (χ1n) is 6.88. The number of carbonyl (C=O) groups excluding carboxylic acids is 1. The molecular weight excluding hydrogens is 361 g/mol. The summed E-state index contributed by atoms with van der Waals surface area (Å²) >= 11 is -5.31. The van der Waals surface area contributed by atoms with Crippen LogP contribution in [0.3, 0.4) is 0 Å². The molecule has 0 heterocycles. The summed E-state index contributed by atoms with van der Waals surface area (Å²) in [4.78, 5) is 11.4. The third kappa shape index (κ3) is 3.67. The summed E-state index contributed by atoms with van der Waals surface area (Å²) in [5.41, 5.74) is 3.35. The third-order valence-corrected chi connectivity index (χ3v) is 5.66. The van der Waals surface area contributed by atoms with Gasteiger partial charge in [0.1, 0.15) is 0 Å². The second-order valence-corrected chi connectivity index (χ2v) is 8.67. The van der Waals surface area contributed by atoms with Crippen molar-refractivity contribution in [1.82, 2.24) is 0 Å². The molecule has 122 valence electrons. The van der Waals surface area contributed by atoms with E-state index in [9.17, 15) is 21.8 Å². The maximum atomic E-state index is 11.5. The van der Waals surface area contributed by atoms with E-state index in [1.54, 1.807) is 0 Å². The first-order valence-corrected chi connectivity index (χ1v) is 10.3. The fraction of sp³-hybridized carbons (Fsp3) is 0.188. The van der Waals surface area contributed by atoms with Gasteiger partial charge in [-0.3, -0.25) is 0 Å². The van der Waals surface area contributed by atoms with Gasteiger partial charge in [0.2, 0.25) is 0 Å². The summed E-state index contributed by atoms with van der Waals surface area (Å²) in [6.07, 6.45) is 0. The first-order chi connectivity index (χ1) is 10.6. The summed E-state index contributed by atoms with van der Waals surface area (Å²) < 4.78 is 29.8. The van der Waals surface area contributed by atoms with Crippen molar-refractivity contribution in [2.24, 2.45) is 0 Å². The molecule has 0 aliphatic rings. The van der Waals surface area contributed by atoms with E-state index in [0.29, 0.717) is 5.56 Å². The van der Waals surface area contributed by atoms with Crippen LogP contribution in [-0.4, -0.2) is 33.4 Å². The van der Waals surface area contributed by atoms with Crippen LogP contribution in [0.5, 0.6) is 5.75 Å². The Hall–Kier alpha value is -2.01. The van der Waals surface area contributed by atoms with Crippen LogP contribution < -0.4 is 9.67 Å². The van der Waals surface area contributed by atoms with Crippen molar-refractivity contribution in [3.63, 3.8) is 0 Å². The van der Waals surface area contributed by atoms with Gasteiger partial charge < -0.3 is 0 Å². The fourth-order valence-corrected chi connectivity index (χ4v) is 3.64. The quantitative estimate of drug-likeness (QED) is 0.474. The third-order valence-electron chi connectivity index (χ3n) is 3.59. The number of anilines is 1. The number of nitrogens with one attached hydrogen (secondary N) is 1. The molecule has 0 fully saturated rings. The SMILES string of the molecule is CC(=O)Nc1c(-c2ccc(C)c(C)c2)ccc([As](=O)(O)O)c1O. The number of amides is 1. The van der Waals surface area contributed by atoms with E-state index in [4.69, 9.17) is 0 Å². The van der Waals surface area contributed by atoms with E-state index in [0.717, 1.165) is 16.7 Å². The van der Waals surface area contributed by atoms with Gasteiger partial charge in [-0.25, -0.2) is 0 Å². The van der Waals surface area contributed by atoms with Gasteiger partial charge >= 0.3 is 136 Å². The second-order valence-electron chi connectivity index (χ2n) is 5.38. The average Bonchev–Trinajstić information content (AvgIpc) is 2.42.